The molecule has 3 N–H and O–H groups in total. The number of ether oxygens (including phenoxy) is 1. The summed E-state index contributed by atoms with van der Waals surface area (Å²) in [5, 5.41) is 13.0. The first kappa shape index (κ1) is 18.4. The lowest BCUT2D eigenvalue weighted by atomic mass is 10.2. The zero-order chi connectivity index (χ0) is 19.1. The minimum Gasteiger partial charge on any atom is -0.494 e. The molecule has 7 nitrogen and oxygen atoms in total. The van der Waals surface area contributed by atoms with E-state index < -0.39 is 0 Å². The van der Waals surface area contributed by atoms with Crippen LogP contribution in [-0.4, -0.2) is 34.7 Å². The summed E-state index contributed by atoms with van der Waals surface area (Å²) in [5.41, 5.74) is 3.17. The highest BCUT2D eigenvalue weighted by Gasteiger charge is 2.13. The monoisotopic (exact) mass is 365 g/mol. The molecule has 27 heavy (non-hydrogen) atoms. The Labute approximate surface area is 158 Å². The Bertz CT molecular complexity index is 893. The van der Waals surface area contributed by atoms with Crippen molar-refractivity contribution in [2.75, 3.05) is 24.3 Å². The van der Waals surface area contributed by atoms with Crippen LogP contribution in [0, 0.1) is 0 Å². The molecule has 0 atom stereocenters. The van der Waals surface area contributed by atoms with E-state index in [0.29, 0.717) is 28.5 Å². The molecule has 0 radical (unpaired) electrons. The predicted octanol–water partition coefficient (Wildman–Crippen LogP) is 3.94. The highest BCUT2D eigenvalue weighted by Crippen LogP contribution is 2.28. The van der Waals surface area contributed by atoms with Gasteiger partial charge in [0.1, 0.15) is 17.1 Å². The standard InChI is InChI=1S/C20H23N5O2/c1-3-4-11-21-14-8-9-17(19(13-14)27-2)24-20(26)18-7-5-6-15(23-18)16-10-12-22-25-16/h5-10,12-13,21H,3-4,11H2,1-2H3,(H,22,25)(H,24,26). The van der Waals surface area contributed by atoms with Crippen LogP contribution >= 0.6 is 0 Å². The Balaban J connectivity index is 1.74. The fraction of sp³-hybridized carbons (Fsp3) is 0.250. The zero-order valence-electron chi connectivity index (χ0n) is 15.5. The van der Waals surface area contributed by atoms with Crippen molar-refractivity contribution in [3.05, 3.63) is 54.4 Å². The normalized spacial score (nSPS) is 10.4. The van der Waals surface area contributed by atoms with E-state index in [1.807, 2.05) is 24.3 Å². The summed E-state index contributed by atoms with van der Waals surface area (Å²) in [5.74, 6) is 0.283. The number of H-pyrrole nitrogens is 1. The molecule has 0 aliphatic heterocycles. The quantitative estimate of drug-likeness (QED) is 0.526. The Kier molecular flexibility index (Phi) is 6.04. The first-order chi connectivity index (χ1) is 13.2. The third-order valence-electron chi connectivity index (χ3n) is 4.05. The van der Waals surface area contributed by atoms with E-state index in [1.165, 1.54) is 0 Å². The maximum absolute atomic E-state index is 12.6. The third-order valence-corrected chi connectivity index (χ3v) is 4.05. The maximum atomic E-state index is 12.6. The number of amides is 1. The smallest absolute Gasteiger partial charge is 0.274 e. The van der Waals surface area contributed by atoms with Crippen LogP contribution in [0.4, 0.5) is 11.4 Å². The van der Waals surface area contributed by atoms with Crippen molar-refractivity contribution >= 4 is 17.3 Å². The second-order valence-corrected chi connectivity index (χ2v) is 6.02. The Hall–Kier alpha value is -3.35. The molecule has 0 bridgehead atoms. The predicted molar refractivity (Wildman–Crippen MR) is 106 cm³/mol. The molecule has 2 aromatic heterocycles. The van der Waals surface area contributed by atoms with Gasteiger partial charge in [0, 0.05) is 24.5 Å². The molecule has 0 aliphatic carbocycles. The van der Waals surface area contributed by atoms with Gasteiger partial charge < -0.3 is 15.4 Å². The molecule has 3 rings (SSSR count). The van der Waals surface area contributed by atoms with Gasteiger partial charge in [-0.05, 0) is 36.8 Å². The van der Waals surface area contributed by atoms with E-state index in [4.69, 9.17) is 4.74 Å². The number of nitrogens with one attached hydrogen (secondary N) is 3. The van der Waals surface area contributed by atoms with Crippen molar-refractivity contribution in [3.63, 3.8) is 0 Å². The van der Waals surface area contributed by atoms with Crippen LogP contribution in [0.25, 0.3) is 11.4 Å². The lowest BCUT2D eigenvalue weighted by Crippen LogP contribution is -2.14. The molecular weight excluding hydrogens is 342 g/mol. The second-order valence-electron chi connectivity index (χ2n) is 6.02. The molecule has 0 saturated carbocycles. The van der Waals surface area contributed by atoms with Gasteiger partial charge in [-0.1, -0.05) is 19.4 Å². The van der Waals surface area contributed by atoms with Gasteiger partial charge in [-0.3, -0.25) is 9.89 Å². The minimum absolute atomic E-state index is 0.308. The summed E-state index contributed by atoms with van der Waals surface area (Å²) >= 11 is 0. The molecule has 140 valence electrons. The molecule has 1 aromatic carbocycles. The van der Waals surface area contributed by atoms with Crippen LogP contribution in [0.15, 0.2) is 48.7 Å². The number of carbonyl (C=O) groups is 1. The fourth-order valence-electron chi connectivity index (χ4n) is 2.61. The van der Waals surface area contributed by atoms with Crippen molar-refractivity contribution < 1.29 is 9.53 Å². The van der Waals surface area contributed by atoms with Crippen LogP contribution in [0.1, 0.15) is 30.3 Å². The molecule has 7 heteroatoms. The van der Waals surface area contributed by atoms with Crippen molar-refractivity contribution in [3.8, 4) is 17.1 Å². The maximum Gasteiger partial charge on any atom is 0.274 e. The lowest BCUT2D eigenvalue weighted by Gasteiger charge is -2.13. The molecular formula is C20H23N5O2. The minimum atomic E-state index is -0.308. The summed E-state index contributed by atoms with van der Waals surface area (Å²) < 4.78 is 5.42. The van der Waals surface area contributed by atoms with E-state index in [2.05, 4.69) is 32.7 Å². The highest BCUT2D eigenvalue weighted by atomic mass is 16.5. The van der Waals surface area contributed by atoms with E-state index in [0.717, 1.165) is 25.1 Å². The van der Waals surface area contributed by atoms with Gasteiger partial charge >= 0.3 is 0 Å². The number of rotatable bonds is 8. The summed E-state index contributed by atoms with van der Waals surface area (Å²) in [7, 11) is 1.58. The SMILES string of the molecule is CCCCNc1ccc(NC(=O)c2cccc(-c3cc[nH]n3)n2)c(OC)c1. The number of benzene rings is 1. The number of hydrogen-bond acceptors (Lipinski definition) is 5. The molecule has 0 spiro atoms. The van der Waals surface area contributed by atoms with E-state index in [9.17, 15) is 4.79 Å². The van der Waals surface area contributed by atoms with Crippen LogP contribution in [-0.2, 0) is 0 Å². The Morgan fingerprint density at radius 3 is 2.81 bits per heavy atom. The topological polar surface area (TPSA) is 91.9 Å². The first-order valence-electron chi connectivity index (χ1n) is 8.91. The van der Waals surface area contributed by atoms with Crippen LogP contribution in [0.3, 0.4) is 0 Å². The van der Waals surface area contributed by atoms with Gasteiger partial charge in [-0.15, -0.1) is 0 Å². The van der Waals surface area contributed by atoms with Crippen LogP contribution in [0.5, 0.6) is 5.75 Å². The van der Waals surface area contributed by atoms with Gasteiger partial charge in [0.15, 0.2) is 0 Å². The number of nitrogens with zero attached hydrogens (tertiary/aromatic N) is 2. The largest absolute Gasteiger partial charge is 0.494 e. The number of aromatic nitrogens is 3. The summed E-state index contributed by atoms with van der Waals surface area (Å²) in [4.78, 5) is 17.0. The summed E-state index contributed by atoms with van der Waals surface area (Å²) in [6.45, 7) is 3.05. The third kappa shape index (κ3) is 4.63. The number of unbranched alkanes of at least 4 members (excludes halogenated alkanes) is 1. The lowest BCUT2D eigenvalue weighted by molar-refractivity contribution is 0.102. The van der Waals surface area contributed by atoms with E-state index in [-0.39, 0.29) is 5.91 Å². The number of pyridine rings is 1. The molecule has 3 aromatic rings. The average molecular weight is 365 g/mol. The van der Waals surface area contributed by atoms with Crippen LogP contribution < -0.4 is 15.4 Å². The summed E-state index contributed by atoms with van der Waals surface area (Å²) in [6, 6.07) is 12.7. The molecule has 2 heterocycles. The van der Waals surface area contributed by atoms with Gasteiger partial charge in [0.25, 0.3) is 5.91 Å². The molecule has 1 amide bonds. The fourth-order valence-corrected chi connectivity index (χ4v) is 2.61. The average Bonchev–Trinajstić information content (AvgIpc) is 3.24. The van der Waals surface area contributed by atoms with Crippen molar-refractivity contribution in [1.82, 2.24) is 15.2 Å². The Morgan fingerprint density at radius 1 is 1.19 bits per heavy atom. The zero-order valence-corrected chi connectivity index (χ0v) is 15.5. The first-order valence-corrected chi connectivity index (χ1v) is 8.91. The van der Waals surface area contributed by atoms with Gasteiger partial charge in [-0.2, -0.15) is 5.10 Å². The van der Waals surface area contributed by atoms with E-state index in [1.54, 1.807) is 31.5 Å². The van der Waals surface area contributed by atoms with Gasteiger partial charge in [0.05, 0.1) is 18.5 Å². The van der Waals surface area contributed by atoms with Crippen molar-refractivity contribution in [1.29, 1.82) is 0 Å². The number of methoxy groups -OCH3 is 1. The van der Waals surface area contributed by atoms with Gasteiger partial charge in [0.2, 0.25) is 0 Å². The van der Waals surface area contributed by atoms with Crippen molar-refractivity contribution in [2.24, 2.45) is 0 Å². The van der Waals surface area contributed by atoms with Gasteiger partial charge in [-0.25, -0.2) is 4.98 Å². The van der Waals surface area contributed by atoms with Crippen molar-refractivity contribution in [2.45, 2.75) is 19.8 Å². The molecule has 0 fully saturated rings. The summed E-state index contributed by atoms with van der Waals surface area (Å²) in [6.07, 6.45) is 3.94. The number of hydrogen-bond donors (Lipinski definition) is 3. The number of carbonyl (C=O) groups excluding carboxylic acids is 1. The van der Waals surface area contributed by atoms with E-state index >= 15 is 0 Å². The Morgan fingerprint density at radius 2 is 2.07 bits per heavy atom. The van der Waals surface area contributed by atoms with Crippen LogP contribution in [0.2, 0.25) is 0 Å². The molecule has 0 saturated heterocycles. The highest BCUT2D eigenvalue weighted by molar-refractivity contribution is 6.04. The second kappa shape index (κ2) is 8.84. The number of anilines is 2. The molecule has 0 unspecified atom stereocenters. The number of aromatic amines is 1. The molecule has 0 aliphatic rings.